The monoisotopic (exact) mass is 388 g/mol. The normalized spacial score (nSPS) is 18.3. The third kappa shape index (κ3) is 4.12. The lowest BCUT2D eigenvalue weighted by Crippen LogP contribution is -2.39. The summed E-state index contributed by atoms with van der Waals surface area (Å²) in [6.45, 7) is 5.60. The first-order valence-electron chi connectivity index (χ1n) is 9.22. The zero-order valence-electron chi connectivity index (χ0n) is 15.5. The topological polar surface area (TPSA) is 75.6 Å². The van der Waals surface area contributed by atoms with Crippen molar-refractivity contribution in [3.63, 3.8) is 0 Å². The number of ether oxygens (including phenoxy) is 1. The van der Waals surface area contributed by atoms with E-state index in [1.165, 1.54) is 0 Å². The predicted molar refractivity (Wildman–Crippen MR) is 103 cm³/mol. The van der Waals surface area contributed by atoms with Gasteiger partial charge in [-0.15, -0.1) is 0 Å². The van der Waals surface area contributed by atoms with Crippen LogP contribution < -0.4 is 4.90 Å². The summed E-state index contributed by atoms with van der Waals surface area (Å²) in [4.78, 5) is 11.2. The van der Waals surface area contributed by atoms with Gasteiger partial charge in [-0.3, -0.25) is 0 Å². The lowest BCUT2D eigenvalue weighted by Gasteiger charge is -2.30. The summed E-state index contributed by atoms with van der Waals surface area (Å²) in [6, 6.07) is 7.65. The van der Waals surface area contributed by atoms with Gasteiger partial charge in [-0.2, -0.15) is 4.31 Å². The van der Waals surface area contributed by atoms with E-state index in [9.17, 15) is 8.42 Å². The number of morpholine rings is 1. The summed E-state index contributed by atoms with van der Waals surface area (Å²) in [5, 5.41) is 0. The van der Waals surface area contributed by atoms with Crippen LogP contribution in [0.2, 0.25) is 0 Å². The van der Waals surface area contributed by atoms with Crippen molar-refractivity contribution >= 4 is 16.0 Å². The fourth-order valence-corrected chi connectivity index (χ4v) is 5.00. The molecule has 0 atom stereocenters. The Balaban J connectivity index is 1.52. The molecule has 1 saturated heterocycles. The first-order valence-corrected chi connectivity index (χ1v) is 10.8. The van der Waals surface area contributed by atoms with Gasteiger partial charge in [-0.05, 0) is 24.5 Å². The number of nitrogens with zero attached hydrogens (tertiary/aromatic N) is 4. The molecule has 27 heavy (non-hydrogen) atoms. The Kier molecular flexibility index (Phi) is 5.12. The van der Waals surface area contributed by atoms with E-state index in [1.807, 2.05) is 37.4 Å². The maximum absolute atomic E-state index is 12.9. The minimum Gasteiger partial charge on any atom is -0.378 e. The van der Waals surface area contributed by atoms with Gasteiger partial charge in [0.05, 0.1) is 31.2 Å². The molecular weight excluding hydrogens is 364 g/mol. The largest absolute Gasteiger partial charge is 0.378 e. The van der Waals surface area contributed by atoms with Crippen LogP contribution in [0.5, 0.6) is 0 Å². The van der Waals surface area contributed by atoms with Gasteiger partial charge in [0.25, 0.3) is 0 Å². The van der Waals surface area contributed by atoms with E-state index in [4.69, 9.17) is 4.74 Å². The van der Waals surface area contributed by atoms with Gasteiger partial charge >= 0.3 is 0 Å². The van der Waals surface area contributed by atoms with Crippen LogP contribution in [-0.2, 0) is 33.5 Å². The van der Waals surface area contributed by atoms with Crippen LogP contribution in [-0.4, -0.2) is 55.5 Å². The van der Waals surface area contributed by atoms with E-state index in [0.717, 1.165) is 35.5 Å². The maximum atomic E-state index is 12.9. The van der Waals surface area contributed by atoms with E-state index < -0.39 is 10.0 Å². The van der Waals surface area contributed by atoms with Crippen LogP contribution in [0.3, 0.4) is 0 Å². The lowest BCUT2D eigenvalue weighted by atomic mass is 10.1. The molecule has 3 heterocycles. The summed E-state index contributed by atoms with van der Waals surface area (Å²) in [7, 11) is -3.39. The first-order chi connectivity index (χ1) is 13.0. The van der Waals surface area contributed by atoms with Crippen molar-refractivity contribution in [1.82, 2.24) is 14.3 Å². The van der Waals surface area contributed by atoms with Crippen molar-refractivity contribution < 1.29 is 13.2 Å². The zero-order chi connectivity index (χ0) is 18.9. The highest BCUT2D eigenvalue weighted by Gasteiger charge is 2.28. The number of hydrogen-bond acceptors (Lipinski definition) is 6. The molecule has 4 rings (SSSR count). The van der Waals surface area contributed by atoms with Crippen LogP contribution >= 0.6 is 0 Å². The van der Waals surface area contributed by atoms with Gasteiger partial charge in [-0.25, -0.2) is 18.4 Å². The van der Waals surface area contributed by atoms with Crippen LogP contribution in [0.4, 0.5) is 5.95 Å². The summed E-state index contributed by atoms with van der Waals surface area (Å²) >= 11 is 0. The number of hydrogen-bond donors (Lipinski definition) is 0. The van der Waals surface area contributed by atoms with Crippen molar-refractivity contribution in [3.05, 3.63) is 52.8 Å². The Bertz CT molecular complexity index is 926. The minimum atomic E-state index is -3.39. The van der Waals surface area contributed by atoms with E-state index in [0.29, 0.717) is 38.7 Å². The molecule has 2 aromatic rings. The molecule has 0 radical (unpaired) electrons. The molecule has 0 bridgehead atoms. The molecule has 2 aliphatic rings. The van der Waals surface area contributed by atoms with Crippen LogP contribution in [0, 0.1) is 6.92 Å². The molecule has 1 fully saturated rings. The van der Waals surface area contributed by atoms with Gasteiger partial charge in [0, 0.05) is 25.8 Å². The zero-order valence-corrected chi connectivity index (χ0v) is 16.3. The maximum Gasteiger partial charge on any atom is 0.225 e. The van der Waals surface area contributed by atoms with Crippen LogP contribution in [0.15, 0.2) is 30.5 Å². The fourth-order valence-electron chi connectivity index (χ4n) is 3.53. The average Bonchev–Trinajstić information content (AvgIpc) is 2.67. The van der Waals surface area contributed by atoms with Crippen molar-refractivity contribution in [2.75, 3.05) is 37.7 Å². The molecule has 0 aliphatic carbocycles. The number of anilines is 1. The van der Waals surface area contributed by atoms with Crippen LogP contribution in [0.25, 0.3) is 0 Å². The third-order valence-electron chi connectivity index (χ3n) is 5.02. The number of sulfonamides is 1. The number of rotatable bonds is 4. The highest BCUT2D eigenvalue weighted by Crippen LogP contribution is 2.23. The molecule has 144 valence electrons. The van der Waals surface area contributed by atoms with Gasteiger partial charge < -0.3 is 9.64 Å². The summed E-state index contributed by atoms with van der Waals surface area (Å²) in [5.41, 5.74) is 3.73. The Labute approximate surface area is 160 Å². The van der Waals surface area contributed by atoms with Gasteiger partial charge in [-0.1, -0.05) is 29.8 Å². The molecule has 0 N–H and O–H groups in total. The van der Waals surface area contributed by atoms with Gasteiger partial charge in [0.2, 0.25) is 16.0 Å². The van der Waals surface area contributed by atoms with Crippen molar-refractivity contribution in [1.29, 1.82) is 0 Å². The minimum absolute atomic E-state index is 0.0193. The molecule has 0 saturated carbocycles. The summed E-state index contributed by atoms with van der Waals surface area (Å²) < 4.78 is 32.8. The number of fused-ring (bicyclic) bond motifs is 1. The van der Waals surface area contributed by atoms with E-state index in [2.05, 4.69) is 14.9 Å². The molecule has 2 aliphatic heterocycles. The Morgan fingerprint density at radius 3 is 2.78 bits per heavy atom. The SMILES string of the molecule is Cc1cccc(CS(=O)(=O)N2CCc3cnc(N4CCOCC4)nc3C2)c1. The van der Waals surface area contributed by atoms with Crippen molar-refractivity contribution in [2.24, 2.45) is 0 Å². The third-order valence-corrected chi connectivity index (χ3v) is 6.81. The Hall–Kier alpha value is -2.03. The summed E-state index contributed by atoms with van der Waals surface area (Å²) in [5.74, 6) is 0.681. The summed E-state index contributed by atoms with van der Waals surface area (Å²) in [6.07, 6.45) is 2.49. The molecule has 7 nitrogen and oxygen atoms in total. The van der Waals surface area contributed by atoms with E-state index in [1.54, 1.807) is 4.31 Å². The van der Waals surface area contributed by atoms with Crippen molar-refractivity contribution in [2.45, 2.75) is 25.6 Å². The number of benzene rings is 1. The Morgan fingerprint density at radius 1 is 1.19 bits per heavy atom. The lowest BCUT2D eigenvalue weighted by molar-refractivity contribution is 0.122. The quantitative estimate of drug-likeness (QED) is 0.790. The second-order valence-corrected chi connectivity index (χ2v) is 9.04. The van der Waals surface area contributed by atoms with Crippen molar-refractivity contribution in [3.8, 4) is 0 Å². The second kappa shape index (κ2) is 7.53. The molecule has 0 spiro atoms. The first kappa shape index (κ1) is 18.3. The molecule has 0 unspecified atom stereocenters. The molecule has 1 aromatic heterocycles. The predicted octanol–water partition coefficient (Wildman–Crippen LogP) is 1.51. The van der Waals surface area contributed by atoms with Gasteiger partial charge in [0.15, 0.2) is 0 Å². The van der Waals surface area contributed by atoms with Crippen LogP contribution in [0.1, 0.15) is 22.4 Å². The highest BCUT2D eigenvalue weighted by atomic mass is 32.2. The molecule has 1 aromatic carbocycles. The standard InChI is InChI=1S/C19H24N4O3S/c1-15-3-2-4-16(11-15)14-27(24,25)23-6-5-17-12-20-19(21-18(17)13-23)22-7-9-26-10-8-22/h2-4,11-12H,5-10,13-14H2,1H3. The molecule has 8 heteroatoms. The molecule has 0 amide bonds. The fraction of sp³-hybridized carbons (Fsp3) is 0.474. The number of aryl methyl sites for hydroxylation is 1. The molecular formula is C19H24N4O3S. The second-order valence-electron chi connectivity index (χ2n) is 7.07. The smallest absolute Gasteiger partial charge is 0.225 e. The average molecular weight is 388 g/mol. The highest BCUT2D eigenvalue weighted by molar-refractivity contribution is 7.88. The van der Waals surface area contributed by atoms with Gasteiger partial charge in [0.1, 0.15) is 0 Å². The number of aromatic nitrogens is 2. The van der Waals surface area contributed by atoms with E-state index in [-0.39, 0.29) is 5.75 Å². The van der Waals surface area contributed by atoms with E-state index >= 15 is 0 Å². The Morgan fingerprint density at radius 2 is 2.00 bits per heavy atom.